The summed E-state index contributed by atoms with van der Waals surface area (Å²) in [6.07, 6.45) is 0. The first-order valence-corrected chi connectivity index (χ1v) is 8.33. The number of nitrogens with one attached hydrogen (secondary N) is 1. The van der Waals surface area contributed by atoms with E-state index in [2.05, 4.69) is 20.7 Å². The van der Waals surface area contributed by atoms with Crippen molar-refractivity contribution in [2.24, 2.45) is 0 Å². The van der Waals surface area contributed by atoms with Gasteiger partial charge < -0.3 is 5.73 Å². The standard InChI is InChI=1S/C14H14BrFN2O2S/c1-8-5-12(17)9(2)14(6-8)21(19,20)18-13-4-3-10(16)7-11(13)15/h3-7,18H,17H2,1-2H3. The molecule has 0 radical (unpaired) electrons. The number of anilines is 2. The molecule has 0 aliphatic carbocycles. The fourth-order valence-electron chi connectivity index (χ4n) is 1.90. The highest BCUT2D eigenvalue weighted by molar-refractivity contribution is 9.10. The molecular weight excluding hydrogens is 359 g/mol. The van der Waals surface area contributed by atoms with Crippen LogP contribution < -0.4 is 10.5 Å². The number of halogens is 2. The Labute approximate surface area is 131 Å². The molecule has 0 heterocycles. The Hall–Kier alpha value is -1.60. The van der Waals surface area contributed by atoms with Crippen LogP contribution in [0.1, 0.15) is 11.1 Å². The van der Waals surface area contributed by atoms with E-state index in [1.807, 2.05) is 0 Å². The fraction of sp³-hybridized carbons (Fsp3) is 0.143. The number of hydrogen-bond acceptors (Lipinski definition) is 3. The van der Waals surface area contributed by atoms with Crippen LogP contribution in [0.5, 0.6) is 0 Å². The van der Waals surface area contributed by atoms with Gasteiger partial charge in [0, 0.05) is 10.2 Å². The van der Waals surface area contributed by atoms with Gasteiger partial charge in [-0.1, -0.05) is 0 Å². The SMILES string of the molecule is Cc1cc(N)c(C)c(S(=O)(=O)Nc2ccc(F)cc2Br)c1. The number of nitrogens with two attached hydrogens (primary N) is 1. The molecule has 0 aliphatic heterocycles. The minimum Gasteiger partial charge on any atom is -0.398 e. The van der Waals surface area contributed by atoms with Gasteiger partial charge in [-0.3, -0.25) is 4.72 Å². The Balaban J connectivity index is 2.48. The largest absolute Gasteiger partial charge is 0.398 e. The summed E-state index contributed by atoms with van der Waals surface area (Å²) in [6.45, 7) is 3.41. The molecule has 2 aromatic carbocycles. The smallest absolute Gasteiger partial charge is 0.262 e. The number of benzene rings is 2. The van der Waals surface area contributed by atoms with Gasteiger partial charge in [-0.05, 0) is 71.2 Å². The molecule has 3 N–H and O–H groups in total. The maximum atomic E-state index is 13.0. The lowest BCUT2D eigenvalue weighted by atomic mass is 10.1. The number of sulfonamides is 1. The van der Waals surface area contributed by atoms with Crippen LogP contribution in [0.3, 0.4) is 0 Å². The second-order valence-corrected chi connectivity index (χ2v) is 7.21. The van der Waals surface area contributed by atoms with Gasteiger partial charge >= 0.3 is 0 Å². The van der Waals surface area contributed by atoms with Gasteiger partial charge in [0.05, 0.1) is 10.6 Å². The first kappa shape index (κ1) is 15.8. The van der Waals surface area contributed by atoms with Gasteiger partial charge in [0.1, 0.15) is 5.82 Å². The lowest BCUT2D eigenvalue weighted by Crippen LogP contribution is -2.15. The number of rotatable bonds is 3. The normalized spacial score (nSPS) is 11.4. The molecule has 0 unspecified atom stereocenters. The second-order valence-electron chi connectivity index (χ2n) is 4.71. The molecule has 2 rings (SSSR count). The van der Waals surface area contributed by atoms with Gasteiger partial charge in [-0.2, -0.15) is 0 Å². The summed E-state index contributed by atoms with van der Waals surface area (Å²) < 4.78 is 40.8. The van der Waals surface area contributed by atoms with Crippen molar-refractivity contribution in [2.45, 2.75) is 18.7 Å². The molecule has 112 valence electrons. The van der Waals surface area contributed by atoms with Gasteiger partial charge in [-0.25, -0.2) is 12.8 Å². The van der Waals surface area contributed by atoms with Crippen LogP contribution >= 0.6 is 15.9 Å². The van der Waals surface area contributed by atoms with E-state index in [0.29, 0.717) is 15.7 Å². The molecule has 0 atom stereocenters. The lowest BCUT2D eigenvalue weighted by Gasteiger charge is -2.14. The first-order chi connectivity index (χ1) is 9.70. The summed E-state index contributed by atoms with van der Waals surface area (Å²) in [7, 11) is -3.81. The van der Waals surface area contributed by atoms with Crippen LogP contribution in [0.25, 0.3) is 0 Å². The Morgan fingerprint density at radius 2 is 1.86 bits per heavy atom. The molecule has 0 aliphatic rings. The van der Waals surface area contributed by atoms with Crippen molar-refractivity contribution in [3.05, 3.63) is 51.7 Å². The monoisotopic (exact) mass is 372 g/mol. The summed E-state index contributed by atoms with van der Waals surface area (Å²) >= 11 is 3.13. The maximum absolute atomic E-state index is 13.0. The van der Waals surface area contributed by atoms with Crippen LogP contribution in [0.4, 0.5) is 15.8 Å². The minimum absolute atomic E-state index is 0.108. The van der Waals surface area contributed by atoms with E-state index in [-0.39, 0.29) is 10.6 Å². The number of nitrogen functional groups attached to an aromatic ring is 1. The van der Waals surface area contributed by atoms with Crippen molar-refractivity contribution in [3.63, 3.8) is 0 Å². The Kier molecular flexibility index (Phi) is 4.25. The molecule has 0 saturated heterocycles. The predicted octanol–water partition coefficient (Wildman–Crippen LogP) is 3.59. The van der Waals surface area contributed by atoms with Crippen molar-refractivity contribution in [3.8, 4) is 0 Å². The molecule has 0 aromatic heterocycles. The van der Waals surface area contributed by atoms with Crippen molar-refractivity contribution in [1.29, 1.82) is 0 Å². The van der Waals surface area contributed by atoms with E-state index in [4.69, 9.17) is 5.73 Å². The second kappa shape index (κ2) is 5.65. The van der Waals surface area contributed by atoms with E-state index in [9.17, 15) is 12.8 Å². The molecule has 4 nitrogen and oxygen atoms in total. The number of aryl methyl sites for hydroxylation is 1. The van der Waals surface area contributed by atoms with Gasteiger partial charge in [0.15, 0.2) is 0 Å². The lowest BCUT2D eigenvalue weighted by molar-refractivity contribution is 0.600. The highest BCUT2D eigenvalue weighted by Crippen LogP contribution is 2.28. The van der Waals surface area contributed by atoms with Crippen molar-refractivity contribution in [1.82, 2.24) is 0 Å². The average Bonchev–Trinajstić information content (AvgIpc) is 2.37. The van der Waals surface area contributed by atoms with Crippen LogP contribution in [-0.4, -0.2) is 8.42 Å². The summed E-state index contributed by atoms with van der Waals surface area (Å²) in [4.78, 5) is 0.108. The summed E-state index contributed by atoms with van der Waals surface area (Å²) in [5, 5.41) is 0. The summed E-state index contributed by atoms with van der Waals surface area (Å²) in [5.74, 6) is -0.458. The average molecular weight is 373 g/mol. The zero-order valence-corrected chi connectivity index (χ0v) is 13.8. The van der Waals surface area contributed by atoms with E-state index >= 15 is 0 Å². The van der Waals surface area contributed by atoms with Crippen LogP contribution in [0.15, 0.2) is 39.7 Å². The van der Waals surface area contributed by atoms with Gasteiger partial charge in [-0.15, -0.1) is 0 Å². The first-order valence-electron chi connectivity index (χ1n) is 6.05. The zero-order chi connectivity index (χ0) is 15.8. The van der Waals surface area contributed by atoms with E-state index in [1.165, 1.54) is 18.2 Å². The molecule has 0 fully saturated rings. The molecule has 2 aromatic rings. The Morgan fingerprint density at radius 3 is 2.48 bits per heavy atom. The number of hydrogen-bond donors (Lipinski definition) is 2. The molecule has 0 bridgehead atoms. The predicted molar refractivity (Wildman–Crippen MR) is 85.2 cm³/mol. The highest BCUT2D eigenvalue weighted by Gasteiger charge is 2.20. The van der Waals surface area contributed by atoms with Gasteiger partial charge in [0.25, 0.3) is 10.0 Å². The quantitative estimate of drug-likeness (QED) is 0.808. The summed E-state index contributed by atoms with van der Waals surface area (Å²) in [6, 6.07) is 6.98. The third-order valence-corrected chi connectivity index (χ3v) is 5.16. The zero-order valence-electron chi connectivity index (χ0n) is 11.4. The maximum Gasteiger partial charge on any atom is 0.262 e. The van der Waals surface area contributed by atoms with Crippen molar-refractivity contribution >= 4 is 37.3 Å². The molecular formula is C14H14BrFN2O2S. The fourth-order valence-corrected chi connectivity index (χ4v) is 3.92. The Morgan fingerprint density at radius 1 is 1.19 bits per heavy atom. The molecule has 0 saturated carbocycles. The van der Waals surface area contributed by atoms with Crippen molar-refractivity contribution in [2.75, 3.05) is 10.5 Å². The van der Waals surface area contributed by atoms with Crippen molar-refractivity contribution < 1.29 is 12.8 Å². The van der Waals surface area contributed by atoms with Crippen LogP contribution in [0.2, 0.25) is 0 Å². The van der Waals surface area contributed by atoms with E-state index in [0.717, 1.165) is 5.56 Å². The molecule has 7 heteroatoms. The molecule has 0 spiro atoms. The summed E-state index contributed by atoms with van der Waals surface area (Å²) in [5.41, 5.74) is 7.71. The van der Waals surface area contributed by atoms with E-state index < -0.39 is 15.8 Å². The third kappa shape index (κ3) is 3.36. The van der Waals surface area contributed by atoms with Crippen LogP contribution in [-0.2, 0) is 10.0 Å². The molecule has 0 amide bonds. The highest BCUT2D eigenvalue weighted by atomic mass is 79.9. The van der Waals surface area contributed by atoms with Crippen LogP contribution in [0, 0.1) is 19.7 Å². The van der Waals surface area contributed by atoms with Gasteiger partial charge in [0.2, 0.25) is 0 Å². The third-order valence-electron chi connectivity index (χ3n) is 3.01. The van der Waals surface area contributed by atoms with E-state index in [1.54, 1.807) is 26.0 Å². The molecule has 21 heavy (non-hydrogen) atoms. The Bertz CT molecular complexity index is 807. The minimum atomic E-state index is -3.81. The topological polar surface area (TPSA) is 72.2 Å².